The SMILES string of the molecule is CN1CCN(c2ccccc2-c2cc(C(=O)O)on2)C(=O)C1=O. The highest BCUT2D eigenvalue weighted by Gasteiger charge is 2.32. The van der Waals surface area contributed by atoms with Gasteiger partial charge in [0.25, 0.3) is 0 Å². The van der Waals surface area contributed by atoms with Crippen LogP contribution in [-0.4, -0.2) is 53.1 Å². The van der Waals surface area contributed by atoms with Gasteiger partial charge in [0.05, 0.1) is 5.69 Å². The number of rotatable bonds is 3. The Hall–Kier alpha value is -3.16. The maximum absolute atomic E-state index is 12.2. The lowest BCUT2D eigenvalue weighted by Crippen LogP contribution is -2.53. The van der Waals surface area contributed by atoms with Gasteiger partial charge in [0.1, 0.15) is 5.69 Å². The van der Waals surface area contributed by atoms with E-state index in [0.717, 1.165) is 0 Å². The van der Waals surface area contributed by atoms with Crippen molar-refractivity contribution in [3.8, 4) is 11.3 Å². The number of carboxylic acid groups (broad SMARTS) is 1. The summed E-state index contributed by atoms with van der Waals surface area (Å²) >= 11 is 0. The quantitative estimate of drug-likeness (QED) is 0.842. The fourth-order valence-electron chi connectivity index (χ4n) is 2.39. The molecule has 1 aliphatic heterocycles. The molecule has 3 rings (SSSR count). The van der Waals surface area contributed by atoms with Gasteiger partial charge < -0.3 is 19.4 Å². The second-order valence-corrected chi connectivity index (χ2v) is 5.08. The number of carbonyl (C=O) groups is 3. The molecule has 0 radical (unpaired) electrons. The number of hydrogen-bond acceptors (Lipinski definition) is 5. The molecule has 8 heteroatoms. The summed E-state index contributed by atoms with van der Waals surface area (Å²) in [4.78, 5) is 37.7. The molecule has 0 bridgehead atoms. The number of nitrogens with zero attached hydrogens (tertiary/aromatic N) is 3. The first kappa shape index (κ1) is 14.8. The van der Waals surface area contributed by atoms with E-state index >= 15 is 0 Å². The highest BCUT2D eigenvalue weighted by atomic mass is 16.5. The first-order valence-electron chi connectivity index (χ1n) is 6.85. The van der Waals surface area contributed by atoms with E-state index in [2.05, 4.69) is 5.16 Å². The van der Waals surface area contributed by atoms with E-state index in [1.54, 1.807) is 31.3 Å². The van der Waals surface area contributed by atoms with Crippen molar-refractivity contribution in [3.05, 3.63) is 36.1 Å². The number of anilines is 1. The van der Waals surface area contributed by atoms with Gasteiger partial charge in [-0.15, -0.1) is 0 Å². The summed E-state index contributed by atoms with van der Waals surface area (Å²) in [5.74, 6) is -2.74. The van der Waals surface area contributed by atoms with Gasteiger partial charge in [-0.25, -0.2) is 4.79 Å². The number of benzene rings is 1. The van der Waals surface area contributed by atoms with Gasteiger partial charge in [-0.1, -0.05) is 23.4 Å². The largest absolute Gasteiger partial charge is 0.475 e. The van der Waals surface area contributed by atoms with Crippen LogP contribution < -0.4 is 4.90 Å². The van der Waals surface area contributed by atoms with E-state index in [1.807, 2.05) is 0 Å². The molecule has 0 aliphatic carbocycles. The molecule has 1 N–H and O–H groups in total. The van der Waals surface area contributed by atoms with E-state index in [1.165, 1.54) is 15.9 Å². The standard InChI is InChI=1S/C15H13N3O5/c1-17-6-7-18(14(20)13(17)19)11-5-3-2-4-9(11)10-8-12(15(21)22)23-16-10/h2-5,8H,6-7H2,1H3,(H,21,22). The smallest absolute Gasteiger partial charge is 0.374 e. The lowest BCUT2D eigenvalue weighted by molar-refractivity contribution is -0.145. The minimum absolute atomic E-state index is 0.289. The van der Waals surface area contributed by atoms with E-state index < -0.39 is 17.8 Å². The van der Waals surface area contributed by atoms with Crippen LogP contribution in [0, 0.1) is 0 Å². The minimum Gasteiger partial charge on any atom is -0.475 e. The number of carboxylic acids is 1. The highest BCUT2D eigenvalue weighted by Crippen LogP contribution is 2.31. The summed E-state index contributed by atoms with van der Waals surface area (Å²) in [6.45, 7) is 0.764. The molecule has 0 unspecified atom stereocenters. The molecule has 1 aliphatic rings. The predicted octanol–water partition coefficient (Wildman–Crippen LogP) is 0.845. The zero-order valence-electron chi connectivity index (χ0n) is 12.2. The number of para-hydroxylation sites is 1. The molecule has 0 spiro atoms. The van der Waals surface area contributed by atoms with Crippen molar-refractivity contribution in [2.45, 2.75) is 0 Å². The van der Waals surface area contributed by atoms with Crippen LogP contribution in [0.15, 0.2) is 34.9 Å². The van der Waals surface area contributed by atoms with E-state index in [-0.39, 0.29) is 11.5 Å². The van der Waals surface area contributed by atoms with Crippen LogP contribution in [0.4, 0.5) is 5.69 Å². The van der Waals surface area contributed by atoms with E-state index in [9.17, 15) is 14.4 Å². The van der Waals surface area contributed by atoms with Crippen molar-refractivity contribution in [2.75, 3.05) is 25.0 Å². The second-order valence-electron chi connectivity index (χ2n) is 5.08. The summed E-state index contributed by atoms with van der Waals surface area (Å²) in [7, 11) is 1.57. The lowest BCUT2D eigenvalue weighted by atomic mass is 10.1. The molecule has 2 amide bonds. The van der Waals surface area contributed by atoms with Crippen molar-refractivity contribution in [3.63, 3.8) is 0 Å². The van der Waals surface area contributed by atoms with Crippen molar-refractivity contribution < 1.29 is 24.0 Å². The number of likely N-dealkylation sites (N-methyl/N-ethyl adjacent to an activating group) is 1. The minimum atomic E-state index is -1.23. The van der Waals surface area contributed by atoms with Crippen LogP contribution in [-0.2, 0) is 9.59 Å². The normalized spacial score (nSPS) is 15.2. The third kappa shape index (κ3) is 2.54. The third-order valence-electron chi connectivity index (χ3n) is 3.63. The summed E-state index contributed by atoms with van der Waals surface area (Å²) in [6.07, 6.45) is 0. The maximum Gasteiger partial charge on any atom is 0.374 e. The van der Waals surface area contributed by atoms with Gasteiger partial charge in [-0.2, -0.15) is 0 Å². The van der Waals surface area contributed by atoms with Gasteiger partial charge in [0.2, 0.25) is 5.76 Å². The Morgan fingerprint density at radius 3 is 2.65 bits per heavy atom. The van der Waals surface area contributed by atoms with Crippen LogP contribution in [0.3, 0.4) is 0 Å². The van der Waals surface area contributed by atoms with Crippen LogP contribution in [0.25, 0.3) is 11.3 Å². The monoisotopic (exact) mass is 315 g/mol. The number of amides is 2. The summed E-state index contributed by atoms with van der Waals surface area (Å²) in [6, 6.07) is 8.11. The molecule has 1 fully saturated rings. The summed E-state index contributed by atoms with van der Waals surface area (Å²) in [5, 5.41) is 12.7. The number of hydrogen-bond donors (Lipinski definition) is 1. The molecule has 2 heterocycles. The molecule has 8 nitrogen and oxygen atoms in total. The van der Waals surface area contributed by atoms with Crippen LogP contribution in [0.1, 0.15) is 10.6 Å². The number of aromatic nitrogens is 1. The van der Waals surface area contributed by atoms with Gasteiger partial charge in [-0.05, 0) is 6.07 Å². The van der Waals surface area contributed by atoms with E-state index in [0.29, 0.717) is 24.3 Å². The molecule has 23 heavy (non-hydrogen) atoms. The fourth-order valence-corrected chi connectivity index (χ4v) is 2.39. The highest BCUT2D eigenvalue weighted by molar-refractivity contribution is 6.41. The first-order valence-corrected chi connectivity index (χ1v) is 6.85. The van der Waals surface area contributed by atoms with Gasteiger partial charge >= 0.3 is 17.8 Å². The molecule has 1 aromatic carbocycles. The van der Waals surface area contributed by atoms with E-state index in [4.69, 9.17) is 9.63 Å². The van der Waals surface area contributed by atoms with Crippen molar-refractivity contribution >= 4 is 23.5 Å². The van der Waals surface area contributed by atoms with Crippen LogP contribution >= 0.6 is 0 Å². The second kappa shape index (κ2) is 5.56. The van der Waals surface area contributed by atoms with Crippen molar-refractivity contribution in [1.82, 2.24) is 10.1 Å². The average molecular weight is 315 g/mol. The summed E-state index contributed by atoms with van der Waals surface area (Å²) < 4.78 is 4.76. The van der Waals surface area contributed by atoms with Crippen molar-refractivity contribution in [2.24, 2.45) is 0 Å². The zero-order valence-corrected chi connectivity index (χ0v) is 12.2. The van der Waals surface area contributed by atoms with Crippen LogP contribution in [0.5, 0.6) is 0 Å². The topological polar surface area (TPSA) is 104 Å². The Balaban J connectivity index is 2.02. The molecular weight excluding hydrogens is 302 g/mol. The Morgan fingerprint density at radius 1 is 1.22 bits per heavy atom. The molecule has 0 atom stereocenters. The van der Waals surface area contributed by atoms with Crippen molar-refractivity contribution in [1.29, 1.82) is 0 Å². The maximum atomic E-state index is 12.2. The van der Waals surface area contributed by atoms with Gasteiger partial charge in [0.15, 0.2) is 0 Å². The molecule has 0 saturated carbocycles. The molecular formula is C15H13N3O5. The van der Waals surface area contributed by atoms with Crippen LogP contribution in [0.2, 0.25) is 0 Å². The molecule has 118 valence electrons. The number of carbonyl (C=O) groups excluding carboxylic acids is 2. The molecule has 1 saturated heterocycles. The molecule has 1 aromatic heterocycles. The number of piperazine rings is 1. The van der Waals surface area contributed by atoms with Gasteiger partial charge in [-0.3, -0.25) is 9.59 Å². The third-order valence-corrected chi connectivity index (χ3v) is 3.63. The zero-order chi connectivity index (χ0) is 16.6. The lowest BCUT2D eigenvalue weighted by Gasteiger charge is -2.32. The average Bonchev–Trinajstić information content (AvgIpc) is 3.03. The Kier molecular flexibility index (Phi) is 3.57. The predicted molar refractivity (Wildman–Crippen MR) is 78.9 cm³/mol. The Morgan fingerprint density at radius 2 is 1.96 bits per heavy atom. The Labute approximate surface area is 130 Å². The summed E-state index contributed by atoms with van der Waals surface area (Å²) in [5.41, 5.74) is 1.30. The molecule has 2 aromatic rings. The first-order chi connectivity index (χ1) is 11.0. The van der Waals surface area contributed by atoms with Gasteiger partial charge in [0, 0.05) is 31.8 Å². The number of aromatic carboxylic acids is 1. The Bertz CT molecular complexity index is 798. The fraction of sp³-hybridized carbons (Fsp3) is 0.200.